The van der Waals surface area contributed by atoms with E-state index >= 15 is 0 Å². The van der Waals surface area contributed by atoms with Gasteiger partial charge in [-0.2, -0.15) is 0 Å². The summed E-state index contributed by atoms with van der Waals surface area (Å²) >= 11 is 0. The molecule has 0 aromatic heterocycles. The summed E-state index contributed by atoms with van der Waals surface area (Å²) in [5.41, 5.74) is 0.812. The minimum Gasteiger partial charge on any atom is -0.452 e. The Morgan fingerprint density at radius 1 is 1.08 bits per heavy atom. The van der Waals surface area contributed by atoms with Crippen LogP contribution in [0, 0.1) is 5.82 Å². The fourth-order valence-electron chi connectivity index (χ4n) is 2.37. The van der Waals surface area contributed by atoms with Crippen molar-refractivity contribution in [2.75, 3.05) is 6.61 Å². The maximum absolute atomic E-state index is 13.5. The quantitative estimate of drug-likeness (QED) is 0.789. The number of halogens is 1. The van der Waals surface area contributed by atoms with Gasteiger partial charge in [-0.3, -0.25) is 4.79 Å². The van der Waals surface area contributed by atoms with Crippen LogP contribution in [0.5, 0.6) is 0 Å². The Balaban J connectivity index is 1.92. The minimum absolute atomic E-state index is 0.143. The van der Waals surface area contributed by atoms with Crippen molar-refractivity contribution in [1.82, 2.24) is 5.32 Å². The maximum Gasteiger partial charge on any atom is 0.341 e. The third kappa shape index (κ3) is 4.91. The molecule has 4 nitrogen and oxygen atoms in total. The molecule has 0 spiro atoms. The highest BCUT2D eigenvalue weighted by Gasteiger charge is 2.17. The van der Waals surface area contributed by atoms with E-state index in [0.717, 1.165) is 18.4 Å². The third-order valence-corrected chi connectivity index (χ3v) is 3.54. The number of carbonyl (C=O) groups excluding carboxylic acids is 2. The molecule has 0 heterocycles. The molecule has 2 aromatic carbocycles. The lowest BCUT2D eigenvalue weighted by Gasteiger charge is -2.18. The third-order valence-electron chi connectivity index (χ3n) is 3.54. The first kappa shape index (κ1) is 17.7. The van der Waals surface area contributed by atoms with Crippen LogP contribution in [0.2, 0.25) is 0 Å². The molecule has 0 aliphatic rings. The second-order valence-corrected chi connectivity index (χ2v) is 5.38. The highest BCUT2D eigenvalue weighted by atomic mass is 19.1. The van der Waals surface area contributed by atoms with E-state index in [-0.39, 0.29) is 11.6 Å². The first-order valence-corrected chi connectivity index (χ1v) is 7.87. The van der Waals surface area contributed by atoms with Gasteiger partial charge in [-0.1, -0.05) is 55.8 Å². The summed E-state index contributed by atoms with van der Waals surface area (Å²) < 4.78 is 18.4. The smallest absolute Gasteiger partial charge is 0.341 e. The number of hydrogen-bond donors (Lipinski definition) is 1. The van der Waals surface area contributed by atoms with E-state index < -0.39 is 24.3 Å². The van der Waals surface area contributed by atoms with Gasteiger partial charge in [-0.25, -0.2) is 9.18 Å². The molecule has 0 saturated carbocycles. The molecule has 0 fully saturated rings. The topological polar surface area (TPSA) is 55.4 Å². The fourth-order valence-corrected chi connectivity index (χ4v) is 2.37. The summed E-state index contributed by atoms with van der Waals surface area (Å²) in [5.74, 6) is -1.94. The predicted octanol–water partition coefficient (Wildman–Crippen LogP) is 3.64. The number of benzene rings is 2. The van der Waals surface area contributed by atoms with E-state index in [1.807, 2.05) is 37.3 Å². The van der Waals surface area contributed by atoms with Crippen LogP contribution in [0.4, 0.5) is 4.39 Å². The lowest BCUT2D eigenvalue weighted by Crippen LogP contribution is -2.32. The number of amides is 1. The number of esters is 1. The van der Waals surface area contributed by atoms with Gasteiger partial charge in [-0.05, 0) is 24.1 Å². The molecule has 0 bridgehead atoms. The molecule has 1 amide bonds. The van der Waals surface area contributed by atoms with Crippen molar-refractivity contribution in [3.63, 3.8) is 0 Å². The van der Waals surface area contributed by atoms with Gasteiger partial charge >= 0.3 is 5.97 Å². The van der Waals surface area contributed by atoms with Gasteiger partial charge in [0.2, 0.25) is 0 Å². The highest BCUT2D eigenvalue weighted by Crippen LogP contribution is 2.18. The van der Waals surface area contributed by atoms with Crippen LogP contribution in [0.1, 0.15) is 41.7 Å². The molecule has 126 valence electrons. The molecule has 2 aromatic rings. The number of hydrogen-bond acceptors (Lipinski definition) is 3. The standard InChI is InChI=1S/C19H20FNO3/c1-2-8-17(14-9-4-3-5-10-14)21-18(22)13-24-19(23)15-11-6-7-12-16(15)20/h3-7,9-12,17H,2,8,13H2,1H3,(H,21,22)/t17-/m1/s1. The average Bonchev–Trinajstić information content (AvgIpc) is 2.60. The van der Waals surface area contributed by atoms with Crippen LogP contribution in [0.25, 0.3) is 0 Å². The van der Waals surface area contributed by atoms with Gasteiger partial charge in [0.15, 0.2) is 6.61 Å². The number of nitrogens with one attached hydrogen (secondary N) is 1. The van der Waals surface area contributed by atoms with Crippen LogP contribution < -0.4 is 5.32 Å². The maximum atomic E-state index is 13.5. The van der Waals surface area contributed by atoms with Crippen LogP contribution in [0.15, 0.2) is 54.6 Å². The predicted molar refractivity (Wildman–Crippen MR) is 88.9 cm³/mol. The van der Waals surface area contributed by atoms with E-state index in [2.05, 4.69) is 5.32 Å². The Hall–Kier alpha value is -2.69. The molecule has 1 N–H and O–H groups in total. The zero-order valence-electron chi connectivity index (χ0n) is 13.5. The molecule has 5 heteroatoms. The number of carbonyl (C=O) groups is 2. The molecular weight excluding hydrogens is 309 g/mol. The Morgan fingerprint density at radius 3 is 2.42 bits per heavy atom. The molecule has 1 atom stereocenters. The Kier molecular flexibility index (Phi) is 6.49. The lowest BCUT2D eigenvalue weighted by molar-refractivity contribution is -0.125. The summed E-state index contributed by atoms with van der Waals surface area (Å²) in [6.45, 7) is 1.58. The number of rotatable bonds is 7. The summed E-state index contributed by atoms with van der Waals surface area (Å²) in [5, 5.41) is 2.85. The van der Waals surface area contributed by atoms with Gasteiger partial charge in [-0.15, -0.1) is 0 Å². The fraction of sp³-hybridized carbons (Fsp3) is 0.263. The summed E-state index contributed by atoms with van der Waals surface area (Å²) in [6, 6.07) is 15.0. The van der Waals surface area contributed by atoms with Crippen molar-refractivity contribution in [3.8, 4) is 0 Å². The molecule has 0 radical (unpaired) electrons. The number of ether oxygens (including phenoxy) is 1. The molecule has 0 aliphatic heterocycles. The zero-order chi connectivity index (χ0) is 17.4. The lowest BCUT2D eigenvalue weighted by atomic mass is 10.0. The van der Waals surface area contributed by atoms with Crippen molar-refractivity contribution in [3.05, 3.63) is 71.5 Å². The van der Waals surface area contributed by atoms with E-state index in [4.69, 9.17) is 4.74 Å². The molecule has 0 unspecified atom stereocenters. The first-order valence-electron chi connectivity index (χ1n) is 7.87. The molecule has 2 rings (SSSR count). The van der Waals surface area contributed by atoms with E-state index in [0.29, 0.717) is 0 Å². The average molecular weight is 329 g/mol. The molecule has 0 aliphatic carbocycles. The van der Waals surface area contributed by atoms with Gasteiger partial charge in [0, 0.05) is 0 Å². The monoisotopic (exact) mass is 329 g/mol. The molecule has 0 saturated heterocycles. The van der Waals surface area contributed by atoms with Crippen LogP contribution in [-0.4, -0.2) is 18.5 Å². The van der Waals surface area contributed by atoms with E-state index in [1.54, 1.807) is 0 Å². The Morgan fingerprint density at radius 2 is 1.75 bits per heavy atom. The minimum atomic E-state index is -0.852. The Labute approximate surface area is 140 Å². The van der Waals surface area contributed by atoms with Crippen molar-refractivity contribution in [2.24, 2.45) is 0 Å². The van der Waals surface area contributed by atoms with Crippen LogP contribution in [-0.2, 0) is 9.53 Å². The molecule has 24 heavy (non-hydrogen) atoms. The normalized spacial score (nSPS) is 11.6. The van der Waals surface area contributed by atoms with Crippen molar-refractivity contribution < 1.29 is 18.7 Å². The second kappa shape index (κ2) is 8.82. The van der Waals surface area contributed by atoms with Crippen LogP contribution >= 0.6 is 0 Å². The van der Waals surface area contributed by atoms with Crippen molar-refractivity contribution in [2.45, 2.75) is 25.8 Å². The van der Waals surface area contributed by atoms with E-state index in [9.17, 15) is 14.0 Å². The van der Waals surface area contributed by atoms with E-state index in [1.165, 1.54) is 24.3 Å². The van der Waals surface area contributed by atoms with Gasteiger partial charge in [0.1, 0.15) is 5.82 Å². The van der Waals surface area contributed by atoms with Gasteiger partial charge in [0.05, 0.1) is 11.6 Å². The second-order valence-electron chi connectivity index (χ2n) is 5.38. The van der Waals surface area contributed by atoms with Crippen molar-refractivity contribution in [1.29, 1.82) is 0 Å². The highest BCUT2D eigenvalue weighted by molar-refractivity contribution is 5.91. The summed E-state index contributed by atoms with van der Waals surface area (Å²) in [7, 11) is 0. The van der Waals surface area contributed by atoms with Crippen molar-refractivity contribution >= 4 is 11.9 Å². The molecular formula is C19H20FNO3. The SMILES string of the molecule is CCC[C@@H](NC(=O)COC(=O)c1ccccc1F)c1ccccc1. The summed E-state index contributed by atoms with van der Waals surface area (Å²) in [6.07, 6.45) is 1.67. The van der Waals surface area contributed by atoms with Crippen LogP contribution in [0.3, 0.4) is 0 Å². The first-order chi connectivity index (χ1) is 11.6. The van der Waals surface area contributed by atoms with Gasteiger partial charge in [0.25, 0.3) is 5.91 Å². The summed E-state index contributed by atoms with van der Waals surface area (Å²) in [4.78, 5) is 23.8. The Bertz CT molecular complexity index is 688. The zero-order valence-corrected chi connectivity index (χ0v) is 13.5. The largest absolute Gasteiger partial charge is 0.452 e. The van der Waals surface area contributed by atoms with Gasteiger partial charge < -0.3 is 10.1 Å².